The van der Waals surface area contributed by atoms with Crippen LogP contribution >= 0.6 is 0 Å². The summed E-state index contributed by atoms with van der Waals surface area (Å²) in [5.74, 6) is 0. The van der Waals surface area contributed by atoms with Crippen LogP contribution in [0.3, 0.4) is 0 Å². The van der Waals surface area contributed by atoms with E-state index in [4.69, 9.17) is 0 Å². The highest BCUT2D eigenvalue weighted by Crippen LogP contribution is 2.05. The van der Waals surface area contributed by atoms with Crippen LogP contribution in [0.1, 0.15) is 28.7 Å². The molecular formula is C9H11NO. The Bertz CT molecular complexity index is 268. The lowest BCUT2D eigenvalue weighted by Gasteiger charge is -2.00. The molecule has 0 amide bonds. The van der Waals surface area contributed by atoms with E-state index in [1.807, 2.05) is 26.0 Å². The van der Waals surface area contributed by atoms with Crippen LogP contribution in [0.25, 0.3) is 0 Å². The molecule has 0 saturated heterocycles. The van der Waals surface area contributed by atoms with Crippen molar-refractivity contribution in [2.24, 2.45) is 0 Å². The van der Waals surface area contributed by atoms with Gasteiger partial charge in [0.25, 0.3) is 0 Å². The molecule has 1 aromatic rings. The van der Waals surface area contributed by atoms with Crippen molar-refractivity contribution in [1.29, 1.82) is 0 Å². The summed E-state index contributed by atoms with van der Waals surface area (Å²) in [5, 5.41) is 0. The number of carbonyl (C=O) groups is 1. The Hall–Kier alpha value is -1.18. The molecule has 0 aliphatic rings. The number of hydrogen-bond donors (Lipinski definition) is 0. The van der Waals surface area contributed by atoms with Gasteiger partial charge in [0.05, 0.1) is 0 Å². The third-order valence-corrected chi connectivity index (χ3v) is 1.64. The molecule has 0 saturated carbocycles. The average Bonchev–Trinajstić information content (AvgIpc) is 2.04. The molecule has 0 aliphatic carbocycles. The van der Waals surface area contributed by atoms with Crippen LogP contribution in [0, 0.1) is 6.92 Å². The predicted octanol–water partition coefficient (Wildman–Crippen LogP) is 1.76. The molecule has 0 atom stereocenters. The highest BCUT2D eigenvalue weighted by molar-refractivity contribution is 5.74. The van der Waals surface area contributed by atoms with Crippen molar-refractivity contribution < 1.29 is 4.79 Å². The second kappa shape index (κ2) is 3.28. The maximum atomic E-state index is 10.5. The van der Waals surface area contributed by atoms with Crippen molar-refractivity contribution in [3.63, 3.8) is 0 Å². The molecule has 2 heteroatoms. The van der Waals surface area contributed by atoms with Gasteiger partial charge in [0.15, 0.2) is 6.29 Å². The van der Waals surface area contributed by atoms with Gasteiger partial charge in [-0.15, -0.1) is 0 Å². The Labute approximate surface area is 66.3 Å². The van der Waals surface area contributed by atoms with Gasteiger partial charge in [-0.2, -0.15) is 0 Å². The Balaban J connectivity index is 3.16. The summed E-state index contributed by atoms with van der Waals surface area (Å²) in [4.78, 5) is 14.6. The van der Waals surface area contributed by atoms with Crippen LogP contribution in [0.4, 0.5) is 0 Å². The standard InChI is InChI=1S/C9H11NO/c1-3-8-5-4-7(2)10-9(8)6-11/h4-6H,3H2,1-2H3. The summed E-state index contributed by atoms with van der Waals surface area (Å²) in [5.41, 5.74) is 2.49. The van der Waals surface area contributed by atoms with E-state index < -0.39 is 0 Å². The van der Waals surface area contributed by atoms with Crippen LogP contribution in [-0.4, -0.2) is 11.3 Å². The van der Waals surface area contributed by atoms with Gasteiger partial charge in [0, 0.05) is 5.69 Å². The van der Waals surface area contributed by atoms with Crippen molar-refractivity contribution in [2.45, 2.75) is 20.3 Å². The zero-order chi connectivity index (χ0) is 8.27. The Morgan fingerprint density at radius 3 is 2.82 bits per heavy atom. The number of aryl methyl sites for hydroxylation is 2. The van der Waals surface area contributed by atoms with E-state index in [0.29, 0.717) is 5.69 Å². The average molecular weight is 149 g/mol. The van der Waals surface area contributed by atoms with E-state index in [9.17, 15) is 4.79 Å². The van der Waals surface area contributed by atoms with Gasteiger partial charge in [0.1, 0.15) is 5.69 Å². The maximum Gasteiger partial charge on any atom is 0.168 e. The summed E-state index contributed by atoms with van der Waals surface area (Å²) in [7, 11) is 0. The van der Waals surface area contributed by atoms with E-state index in [0.717, 1.165) is 24.0 Å². The minimum absolute atomic E-state index is 0.576. The van der Waals surface area contributed by atoms with Gasteiger partial charge in [-0.1, -0.05) is 13.0 Å². The van der Waals surface area contributed by atoms with Gasteiger partial charge in [-0.25, -0.2) is 0 Å². The molecule has 0 bridgehead atoms. The fourth-order valence-corrected chi connectivity index (χ4v) is 1.01. The van der Waals surface area contributed by atoms with Gasteiger partial charge >= 0.3 is 0 Å². The molecule has 1 rings (SSSR count). The van der Waals surface area contributed by atoms with Crippen molar-refractivity contribution in [3.05, 3.63) is 29.1 Å². The fourth-order valence-electron chi connectivity index (χ4n) is 1.01. The summed E-state index contributed by atoms with van der Waals surface area (Å²) in [6.07, 6.45) is 1.67. The Morgan fingerprint density at radius 1 is 1.55 bits per heavy atom. The minimum atomic E-state index is 0.576. The molecule has 0 N–H and O–H groups in total. The van der Waals surface area contributed by atoms with E-state index in [-0.39, 0.29) is 0 Å². The summed E-state index contributed by atoms with van der Waals surface area (Å²) in [6, 6.07) is 3.87. The van der Waals surface area contributed by atoms with Crippen LogP contribution in [0.2, 0.25) is 0 Å². The number of nitrogens with zero attached hydrogens (tertiary/aromatic N) is 1. The summed E-state index contributed by atoms with van der Waals surface area (Å²) >= 11 is 0. The fraction of sp³-hybridized carbons (Fsp3) is 0.333. The monoisotopic (exact) mass is 149 g/mol. The first-order valence-electron chi connectivity index (χ1n) is 3.69. The van der Waals surface area contributed by atoms with Crippen LogP contribution in [0.15, 0.2) is 12.1 Å². The zero-order valence-corrected chi connectivity index (χ0v) is 6.79. The third-order valence-electron chi connectivity index (χ3n) is 1.64. The van der Waals surface area contributed by atoms with Gasteiger partial charge in [-0.3, -0.25) is 9.78 Å². The highest BCUT2D eigenvalue weighted by atomic mass is 16.1. The molecule has 0 unspecified atom stereocenters. The molecule has 1 aromatic heterocycles. The SMILES string of the molecule is CCc1ccc(C)nc1C=O. The third kappa shape index (κ3) is 1.64. The van der Waals surface area contributed by atoms with E-state index in [1.54, 1.807) is 0 Å². The first kappa shape index (κ1) is 7.92. The van der Waals surface area contributed by atoms with Crippen molar-refractivity contribution in [1.82, 2.24) is 4.98 Å². The second-order valence-corrected chi connectivity index (χ2v) is 2.47. The zero-order valence-electron chi connectivity index (χ0n) is 6.79. The summed E-state index contributed by atoms with van der Waals surface area (Å²) in [6.45, 7) is 3.89. The number of aromatic nitrogens is 1. The quantitative estimate of drug-likeness (QED) is 0.600. The minimum Gasteiger partial charge on any atom is -0.296 e. The normalized spacial score (nSPS) is 9.64. The lowest BCUT2D eigenvalue weighted by atomic mass is 10.1. The molecule has 0 spiro atoms. The van der Waals surface area contributed by atoms with Crippen molar-refractivity contribution in [2.75, 3.05) is 0 Å². The molecule has 0 aliphatic heterocycles. The molecule has 0 fully saturated rings. The summed E-state index contributed by atoms with van der Waals surface area (Å²) < 4.78 is 0. The molecule has 11 heavy (non-hydrogen) atoms. The van der Waals surface area contributed by atoms with Crippen LogP contribution in [-0.2, 0) is 6.42 Å². The maximum absolute atomic E-state index is 10.5. The number of hydrogen-bond acceptors (Lipinski definition) is 2. The molecule has 1 heterocycles. The largest absolute Gasteiger partial charge is 0.296 e. The molecule has 58 valence electrons. The van der Waals surface area contributed by atoms with Crippen LogP contribution in [0.5, 0.6) is 0 Å². The Morgan fingerprint density at radius 2 is 2.27 bits per heavy atom. The van der Waals surface area contributed by atoms with E-state index in [2.05, 4.69) is 4.98 Å². The number of aldehydes is 1. The molecule has 2 nitrogen and oxygen atoms in total. The van der Waals surface area contributed by atoms with Crippen LogP contribution < -0.4 is 0 Å². The highest BCUT2D eigenvalue weighted by Gasteiger charge is 1.99. The molecule has 0 radical (unpaired) electrons. The van der Waals surface area contributed by atoms with Crippen molar-refractivity contribution in [3.8, 4) is 0 Å². The first-order valence-corrected chi connectivity index (χ1v) is 3.69. The lowest BCUT2D eigenvalue weighted by Crippen LogP contribution is -1.96. The number of rotatable bonds is 2. The predicted molar refractivity (Wildman–Crippen MR) is 43.7 cm³/mol. The Kier molecular flexibility index (Phi) is 2.36. The topological polar surface area (TPSA) is 30.0 Å². The van der Waals surface area contributed by atoms with Gasteiger partial charge in [0.2, 0.25) is 0 Å². The second-order valence-electron chi connectivity index (χ2n) is 2.47. The number of pyridine rings is 1. The van der Waals surface area contributed by atoms with Crippen molar-refractivity contribution >= 4 is 6.29 Å². The van der Waals surface area contributed by atoms with E-state index >= 15 is 0 Å². The lowest BCUT2D eigenvalue weighted by molar-refractivity contribution is 0.111. The molecule has 0 aromatic carbocycles. The van der Waals surface area contributed by atoms with E-state index in [1.165, 1.54) is 0 Å². The smallest absolute Gasteiger partial charge is 0.168 e. The number of carbonyl (C=O) groups excluding carboxylic acids is 1. The molecular weight excluding hydrogens is 138 g/mol. The van der Waals surface area contributed by atoms with Gasteiger partial charge in [-0.05, 0) is 25.0 Å². The first-order chi connectivity index (χ1) is 5.27. The van der Waals surface area contributed by atoms with Gasteiger partial charge < -0.3 is 0 Å².